The number of unbranched alkanes of at least 4 members (excludes halogenated alkanes) is 3. The minimum absolute atomic E-state index is 0.0467. The van der Waals surface area contributed by atoms with Gasteiger partial charge in [0.1, 0.15) is 6.10 Å². The summed E-state index contributed by atoms with van der Waals surface area (Å²) in [6.45, 7) is 10.9. The first-order valence-corrected chi connectivity index (χ1v) is 9.25. The number of hydrogen-bond acceptors (Lipinski definition) is 2. The largest absolute Gasteiger partial charge is 0.462 e. The molecule has 0 N–H and O–H groups in total. The summed E-state index contributed by atoms with van der Waals surface area (Å²) < 4.78 is 5.74. The normalized spacial score (nSPS) is 14.2. The Kier molecular flexibility index (Phi) is 12.8. The maximum Gasteiger partial charge on any atom is 0.309 e. The van der Waals surface area contributed by atoms with Crippen molar-refractivity contribution in [2.75, 3.05) is 0 Å². The molecule has 0 aliphatic heterocycles. The van der Waals surface area contributed by atoms with Crippen molar-refractivity contribution in [1.29, 1.82) is 0 Å². The van der Waals surface area contributed by atoms with Gasteiger partial charge < -0.3 is 4.74 Å². The molecule has 0 aliphatic carbocycles. The zero-order valence-corrected chi connectivity index (χ0v) is 15.1. The molecule has 0 amide bonds. The van der Waals surface area contributed by atoms with E-state index in [2.05, 4.69) is 34.6 Å². The summed E-state index contributed by atoms with van der Waals surface area (Å²) in [5.41, 5.74) is 0. The topological polar surface area (TPSA) is 26.3 Å². The van der Waals surface area contributed by atoms with Gasteiger partial charge in [0.25, 0.3) is 0 Å². The first kappa shape index (κ1) is 20.5. The van der Waals surface area contributed by atoms with Crippen molar-refractivity contribution in [3.8, 4) is 0 Å². The van der Waals surface area contributed by atoms with Crippen molar-refractivity contribution in [3.63, 3.8) is 0 Å². The lowest BCUT2D eigenvalue weighted by Gasteiger charge is -2.20. The van der Waals surface area contributed by atoms with Crippen LogP contribution in [0.15, 0.2) is 0 Å². The Morgan fingerprint density at radius 2 is 1.48 bits per heavy atom. The molecule has 0 aromatic heterocycles. The third-order valence-corrected chi connectivity index (χ3v) is 4.28. The summed E-state index contributed by atoms with van der Waals surface area (Å²) in [5, 5.41) is 0. The van der Waals surface area contributed by atoms with Crippen molar-refractivity contribution < 1.29 is 9.53 Å². The maximum absolute atomic E-state index is 12.3. The predicted molar refractivity (Wildman–Crippen MR) is 91.4 cm³/mol. The minimum Gasteiger partial charge on any atom is -0.462 e. The fourth-order valence-electron chi connectivity index (χ4n) is 2.66. The van der Waals surface area contributed by atoms with Crippen LogP contribution in [0.5, 0.6) is 0 Å². The van der Waals surface area contributed by atoms with Crippen LogP contribution in [0.1, 0.15) is 98.8 Å². The zero-order valence-electron chi connectivity index (χ0n) is 15.1. The molecule has 0 aromatic rings. The second-order valence-corrected chi connectivity index (χ2v) is 6.75. The van der Waals surface area contributed by atoms with E-state index in [1.807, 2.05) is 0 Å². The monoisotopic (exact) mass is 298 g/mol. The molecule has 2 unspecified atom stereocenters. The Morgan fingerprint density at radius 3 is 2.00 bits per heavy atom. The van der Waals surface area contributed by atoms with Crippen LogP contribution >= 0.6 is 0 Å². The van der Waals surface area contributed by atoms with Crippen LogP contribution < -0.4 is 0 Å². The molecule has 0 saturated carbocycles. The molecule has 0 heterocycles. The van der Waals surface area contributed by atoms with Gasteiger partial charge in [-0.3, -0.25) is 4.79 Å². The van der Waals surface area contributed by atoms with Gasteiger partial charge in [0, 0.05) is 0 Å². The maximum atomic E-state index is 12.3. The van der Waals surface area contributed by atoms with E-state index in [0.29, 0.717) is 0 Å². The summed E-state index contributed by atoms with van der Waals surface area (Å²) in [5.74, 6) is 0.919. The fraction of sp³-hybridized carbons (Fsp3) is 0.947. The van der Waals surface area contributed by atoms with E-state index in [1.54, 1.807) is 0 Å². The van der Waals surface area contributed by atoms with E-state index in [9.17, 15) is 4.79 Å². The number of carbonyl (C=O) groups excluding carboxylic acids is 1. The third-order valence-electron chi connectivity index (χ3n) is 4.28. The van der Waals surface area contributed by atoms with Gasteiger partial charge in [0.15, 0.2) is 0 Å². The van der Waals surface area contributed by atoms with E-state index in [1.165, 1.54) is 32.1 Å². The van der Waals surface area contributed by atoms with Crippen molar-refractivity contribution >= 4 is 5.97 Å². The summed E-state index contributed by atoms with van der Waals surface area (Å²) in [7, 11) is 0. The Morgan fingerprint density at radius 1 is 0.857 bits per heavy atom. The van der Waals surface area contributed by atoms with Crippen LogP contribution in [0, 0.1) is 11.8 Å². The van der Waals surface area contributed by atoms with E-state index in [-0.39, 0.29) is 18.0 Å². The SMILES string of the molecule is CCCCCC(CC)OC(=O)C(CC)CCCCC(C)C. The van der Waals surface area contributed by atoms with Gasteiger partial charge in [0.05, 0.1) is 5.92 Å². The number of carbonyl (C=O) groups is 1. The highest BCUT2D eigenvalue weighted by atomic mass is 16.5. The molecule has 21 heavy (non-hydrogen) atoms. The van der Waals surface area contributed by atoms with E-state index >= 15 is 0 Å². The van der Waals surface area contributed by atoms with Gasteiger partial charge in [-0.25, -0.2) is 0 Å². The molecule has 0 rings (SSSR count). The van der Waals surface area contributed by atoms with Gasteiger partial charge in [-0.2, -0.15) is 0 Å². The average molecular weight is 299 g/mol. The summed E-state index contributed by atoms with van der Waals surface area (Å²) in [6.07, 6.45) is 11.3. The Bertz CT molecular complexity index is 248. The Labute approximate surface area is 133 Å². The third kappa shape index (κ3) is 10.8. The van der Waals surface area contributed by atoms with Crippen molar-refractivity contribution in [3.05, 3.63) is 0 Å². The molecule has 2 atom stereocenters. The van der Waals surface area contributed by atoms with Gasteiger partial charge in [0.2, 0.25) is 0 Å². The predicted octanol–water partition coefficient (Wildman–Crippen LogP) is 6.13. The van der Waals surface area contributed by atoms with Crippen LogP contribution in [-0.4, -0.2) is 12.1 Å². The average Bonchev–Trinajstić information content (AvgIpc) is 2.46. The molecule has 0 aromatic carbocycles. The van der Waals surface area contributed by atoms with Gasteiger partial charge in [-0.1, -0.05) is 66.7 Å². The molecule has 2 nitrogen and oxygen atoms in total. The second kappa shape index (κ2) is 13.2. The number of hydrogen-bond donors (Lipinski definition) is 0. The fourth-order valence-corrected chi connectivity index (χ4v) is 2.66. The number of rotatable bonds is 13. The standard InChI is InChI=1S/C19H38O2/c1-6-9-10-15-18(8-3)21-19(20)17(7-2)14-12-11-13-16(4)5/h16-18H,6-15H2,1-5H3. The highest BCUT2D eigenvalue weighted by Gasteiger charge is 2.21. The van der Waals surface area contributed by atoms with Crippen LogP contribution in [0.25, 0.3) is 0 Å². The van der Waals surface area contributed by atoms with Crippen LogP contribution in [0.4, 0.5) is 0 Å². The molecule has 0 bridgehead atoms. The van der Waals surface area contributed by atoms with Crippen molar-refractivity contribution in [2.45, 2.75) is 105 Å². The molecule has 0 saturated heterocycles. The quantitative estimate of drug-likeness (QED) is 0.302. The van der Waals surface area contributed by atoms with E-state index in [4.69, 9.17) is 4.74 Å². The van der Waals surface area contributed by atoms with E-state index < -0.39 is 0 Å². The van der Waals surface area contributed by atoms with Gasteiger partial charge in [-0.15, -0.1) is 0 Å². The molecule has 0 aliphatic rings. The van der Waals surface area contributed by atoms with Gasteiger partial charge >= 0.3 is 5.97 Å². The first-order valence-electron chi connectivity index (χ1n) is 9.25. The van der Waals surface area contributed by atoms with Crippen LogP contribution in [-0.2, 0) is 9.53 Å². The zero-order chi connectivity index (χ0) is 16.1. The van der Waals surface area contributed by atoms with Crippen LogP contribution in [0.2, 0.25) is 0 Å². The summed E-state index contributed by atoms with van der Waals surface area (Å²) >= 11 is 0. The summed E-state index contributed by atoms with van der Waals surface area (Å²) in [6, 6.07) is 0. The molecule has 126 valence electrons. The first-order chi connectivity index (χ1) is 10.0. The van der Waals surface area contributed by atoms with Crippen molar-refractivity contribution in [1.82, 2.24) is 0 Å². The van der Waals surface area contributed by atoms with Crippen LogP contribution in [0.3, 0.4) is 0 Å². The Hall–Kier alpha value is -0.530. The molecule has 2 heteroatoms. The molecular formula is C19H38O2. The van der Waals surface area contributed by atoms with Gasteiger partial charge in [-0.05, 0) is 38.0 Å². The smallest absolute Gasteiger partial charge is 0.309 e. The molecule has 0 fully saturated rings. The van der Waals surface area contributed by atoms with E-state index in [0.717, 1.165) is 38.0 Å². The lowest BCUT2D eigenvalue weighted by molar-refractivity contribution is -0.155. The lowest BCUT2D eigenvalue weighted by atomic mass is 9.96. The number of ether oxygens (including phenoxy) is 1. The molecule has 0 radical (unpaired) electrons. The second-order valence-electron chi connectivity index (χ2n) is 6.75. The number of esters is 1. The minimum atomic E-state index is 0.0467. The highest BCUT2D eigenvalue weighted by Crippen LogP contribution is 2.19. The Balaban J connectivity index is 4.05. The lowest BCUT2D eigenvalue weighted by Crippen LogP contribution is -2.24. The summed E-state index contributed by atoms with van der Waals surface area (Å²) in [4.78, 5) is 12.3. The molecular weight excluding hydrogens is 260 g/mol. The van der Waals surface area contributed by atoms with Crippen molar-refractivity contribution in [2.24, 2.45) is 11.8 Å². The molecule has 0 spiro atoms. The highest BCUT2D eigenvalue weighted by molar-refractivity contribution is 5.72.